The van der Waals surface area contributed by atoms with E-state index in [1.54, 1.807) is 0 Å². The molecule has 5 rings (SSSR count). The molecule has 1 N–H and O–H groups in total. The average Bonchev–Trinajstić information content (AvgIpc) is 3.54. The number of hydrogen-bond donors (Lipinski definition) is 1. The molecule has 166 valence electrons. The van der Waals surface area contributed by atoms with Crippen LogP contribution in [0.5, 0.6) is 0 Å². The maximum atomic E-state index is 13.5. The molecule has 0 aliphatic carbocycles. The molecule has 6 heteroatoms. The zero-order valence-electron chi connectivity index (χ0n) is 18.3. The summed E-state index contributed by atoms with van der Waals surface area (Å²) in [5.41, 5.74) is 3.33. The quantitative estimate of drug-likeness (QED) is 0.427. The van der Waals surface area contributed by atoms with Gasteiger partial charge in [0.25, 0.3) is 0 Å². The molecule has 33 heavy (non-hydrogen) atoms. The number of rotatable bonds is 7. The number of anilines is 1. The predicted molar refractivity (Wildman–Crippen MR) is 132 cm³/mol. The summed E-state index contributed by atoms with van der Waals surface area (Å²) >= 11 is 1.38. The molecule has 1 unspecified atom stereocenters. The number of aromatic nitrogens is 2. The van der Waals surface area contributed by atoms with Gasteiger partial charge in [-0.05, 0) is 29.5 Å². The average molecular weight is 455 g/mol. The molecule has 1 saturated heterocycles. The Morgan fingerprint density at radius 1 is 0.939 bits per heavy atom. The largest absolute Gasteiger partial charge is 0.343 e. The van der Waals surface area contributed by atoms with Crippen molar-refractivity contribution in [3.8, 4) is 0 Å². The third kappa shape index (κ3) is 4.96. The van der Waals surface area contributed by atoms with Crippen molar-refractivity contribution >= 4 is 22.6 Å². The van der Waals surface area contributed by atoms with Gasteiger partial charge in [-0.15, -0.1) is 0 Å². The Labute approximate surface area is 198 Å². The fourth-order valence-electron chi connectivity index (χ4n) is 4.37. The molecular weight excluding hydrogens is 428 g/mol. The predicted octanol–water partition coefficient (Wildman–Crippen LogP) is 5.00. The summed E-state index contributed by atoms with van der Waals surface area (Å²) in [4.78, 5) is 20.4. The molecule has 0 saturated carbocycles. The third-order valence-corrected chi connectivity index (χ3v) is 6.81. The highest BCUT2D eigenvalue weighted by molar-refractivity contribution is 7.09. The molecular formula is C27H26N4OS. The van der Waals surface area contributed by atoms with Crippen molar-refractivity contribution in [2.75, 3.05) is 11.4 Å². The molecule has 1 amide bonds. The highest BCUT2D eigenvalue weighted by atomic mass is 32.1. The summed E-state index contributed by atoms with van der Waals surface area (Å²) in [5.74, 6) is 0.837. The smallest absolute Gasteiger partial charge is 0.243 e. The van der Waals surface area contributed by atoms with Crippen LogP contribution in [0, 0.1) is 0 Å². The van der Waals surface area contributed by atoms with Crippen LogP contribution in [-0.2, 0) is 11.2 Å². The first kappa shape index (κ1) is 21.3. The lowest BCUT2D eigenvalue weighted by Gasteiger charge is -2.26. The molecule has 1 aliphatic heterocycles. The second-order valence-corrected chi connectivity index (χ2v) is 9.00. The maximum absolute atomic E-state index is 13.5. The third-order valence-electron chi connectivity index (χ3n) is 6.02. The zero-order valence-corrected chi connectivity index (χ0v) is 19.1. The molecule has 1 aliphatic rings. The van der Waals surface area contributed by atoms with Crippen LogP contribution in [0.4, 0.5) is 5.13 Å². The van der Waals surface area contributed by atoms with E-state index in [-0.39, 0.29) is 18.0 Å². The minimum Gasteiger partial charge on any atom is -0.343 e. The van der Waals surface area contributed by atoms with E-state index < -0.39 is 0 Å². The number of carbonyl (C=O) groups is 1. The number of amides is 1. The lowest BCUT2D eigenvalue weighted by atomic mass is 9.98. The maximum Gasteiger partial charge on any atom is 0.243 e. The van der Waals surface area contributed by atoms with E-state index in [0.29, 0.717) is 6.42 Å². The summed E-state index contributed by atoms with van der Waals surface area (Å²) in [6.45, 7) is 0.819. The number of carbonyl (C=O) groups excluding carboxylic acids is 1. The fourth-order valence-corrected chi connectivity index (χ4v) is 5.13. The summed E-state index contributed by atoms with van der Waals surface area (Å²) in [6.07, 6.45) is 2.48. The van der Waals surface area contributed by atoms with Crippen molar-refractivity contribution in [3.05, 3.63) is 114 Å². The van der Waals surface area contributed by atoms with Gasteiger partial charge < -0.3 is 10.2 Å². The Kier molecular flexibility index (Phi) is 6.44. The topological polar surface area (TPSA) is 58.1 Å². The normalized spacial score (nSPS) is 15.7. The van der Waals surface area contributed by atoms with Crippen LogP contribution in [0.15, 0.2) is 91.0 Å². The van der Waals surface area contributed by atoms with Crippen LogP contribution in [0.2, 0.25) is 0 Å². The monoisotopic (exact) mass is 454 g/mol. The zero-order chi connectivity index (χ0) is 22.5. The van der Waals surface area contributed by atoms with Gasteiger partial charge in [-0.1, -0.05) is 91.0 Å². The van der Waals surface area contributed by atoms with Gasteiger partial charge in [-0.3, -0.25) is 4.79 Å². The van der Waals surface area contributed by atoms with Crippen LogP contribution >= 0.6 is 11.5 Å². The van der Waals surface area contributed by atoms with Crippen LogP contribution in [0.3, 0.4) is 0 Å². The summed E-state index contributed by atoms with van der Waals surface area (Å²) in [6, 6.07) is 30.1. The lowest BCUT2D eigenvalue weighted by Crippen LogP contribution is -2.44. The Bertz CT molecular complexity index is 1140. The fraction of sp³-hybridized carbons (Fsp3) is 0.222. The van der Waals surface area contributed by atoms with E-state index in [2.05, 4.69) is 51.0 Å². The summed E-state index contributed by atoms with van der Waals surface area (Å²) < 4.78 is 4.56. The molecule has 0 radical (unpaired) electrons. The van der Waals surface area contributed by atoms with Gasteiger partial charge in [0.2, 0.25) is 11.0 Å². The summed E-state index contributed by atoms with van der Waals surface area (Å²) in [7, 11) is 0. The molecule has 0 bridgehead atoms. The van der Waals surface area contributed by atoms with Gasteiger partial charge in [0.15, 0.2) is 0 Å². The molecule has 1 aromatic heterocycles. The van der Waals surface area contributed by atoms with Gasteiger partial charge >= 0.3 is 0 Å². The molecule has 0 spiro atoms. The molecule has 1 fully saturated rings. The van der Waals surface area contributed by atoms with E-state index >= 15 is 0 Å². The van der Waals surface area contributed by atoms with Crippen molar-refractivity contribution in [3.63, 3.8) is 0 Å². The first-order valence-corrected chi connectivity index (χ1v) is 12.1. The molecule has 3 aromatic carbocycles. The minimum absolute atomic E-state index is 0.0324. The SMILES string of the molecule is O=C(NC(c1ccccc1)c1ccccc1)C1CCCN1c1nc(Cc2ccccc2)ns1. The first-order valence-electron chi connectivity index (χ1n) is 11.3. The van der Waals surface area contributed by atoms with Crippen molar-refractivity contribution in [2.24, 2.45) is 0 Å². The second kappa shape index (κ2) is 9.96. The standard InChI is InChI=1S/C27H26N4OS/c32-26(29-25(21-13-6-2-7-14-21)22-15-8-3-9-16-22)23-17-10-18-31(23)27-28-24(30-33-27)19-20-11-4-1-5-12-20/h1-9,11-16,23,25H,10,17-19H2,(H,29,32). The number of nitrogens with one attached hydrogen (secondary N) is 1. The number of nitrogens with zero attached hydrogens (tertiary/aromatic N) is 3. The molecule has 1 atom stereocenters. The number of hydrogen-bond acceptors (Lipinski definition) is 5. The highest BCUT2D eigenvalue weighted by Gasteiger charge is 2.34. The Hall–Kier alpha value is -3.51. The van der Waals surface area contributed by atoms with Crippen molar-refractivity contribution in [1.82, 2.24) is 14.7 Å². The van der Waals surface area contributed by atoms with E-state index in [1.165, 1.54) is 17.1 Å². The Morgan fingerprint density at radius 2 is 1.55 bits per heavy atom. The van der Waals surface area contributed by atoms with Gasteiger partial charge in [0.05, 0.1) is 6.04 Å². The highest BCUT2D eigenvalue weighted by Crippen LogP contribution is 2.29. The first-order chi connectivity index (χ1) is 16.3. The van der Waals surface area contributed by atoms with Gasteiger partial charge in [-0.2, -0.15) is 4.37 Å². The van der Waals surface area contributed by atoms with Crippen molar-refractivity contribution in [1.29, 1.82) is 0 Å². The van der Waals surface area contributed by atoms with Gasteiger partial charge in [-0.25, -0.2) is 4.98 Å². The Morgan fingerprint density at radius 3 is 2.18 bits per heavy atom. The number of benzene rings is 3. The lowest BCUT2D eigenvalue weighted by molar-refractivity contribution is -0.122. The van der Waals surface area contributed by atoms with Crippen LogP contribution < -0.4 is 10.2 Å². The Balaban J connectivity index is 1.33. The van der Waals surface area contributed by atoms with E-state index in [4.69, 9.17) is 4.98 Å². The minimum atomic E-state index is -0.238. The van der Waals surface area contributed by atoms with Crippen LogP contribution in [-0.4, -0.2) is 27.9 Å². The molecule has 2 heterocycles. The van der Waals surface area contributed by atoms with Crippen molar-refractivity contribution in [2.45, 2.75) is 31.3 Å². The van der Waals surface area contributed by atoms with Gasteiger partial charge in [0.1, 0.15) is 11.9 Å². The summed E-state index contributed by atoms with van der Waals surface area (Å²) in [5, 5.41) is 4.14. The van der Waals surface area contributed by atoms with E-state index in [0.717, 1.165) is 41.5 Å². The van der Waals surface area contributed by atoms with Crippen molar-refractivity contribution < 1.29 is 4.79 Å². The molecule has 5 nitrogen and oxygen atoms in total. The van der Waals surface area contributed by atoms with Gasteiger partial charge in [0, 0.05) is 24.5 Å². The van der Waals surface area contributed by atoms with E-state index in [1.807, 2.05) is 54.6 Å². The second-order valence-electron chi connectivity index (χ2n) is 8.27. The molecule has 4 aromatic rings. The van der Waals surface area contributed by atoms with E-state index in [9.17, 15) is 4.79 Å². The van der Waals surface area contributed by atoms with Crippen LogP contribution in [0.25, 0.3) is 0 Å². The van der Waals surface area contributed by atoms with Crippen LogP contribution in [0.1, 0.15) is 41.4 Å².